The number of hydrogen-bond acceptors (Lipinski definition) is 4. The van der Waals surface area contributed by atoms with Gasteiger partial charge < -0.3 is 15.4 Å². The van der Waals surface area contributed by atoms with Crippen molar-refractivity contribution in [2.75, 3.05) is 14.2 Å². The van der Waals surface area contributed by atoms with Crippen LogP contribution in [0.5, 0.6) is 5.75 Å². The number of methoxy groups -OCH3 is 1. The second-order valence-electron chi connectivity index (χ2n) is 4.89. The van der Waals surface area contributed by atoms with Gasteiger partial charge in [0.15, 0.2) is 0 Å². The molecule has 1 aliphatic carbocycles. The van der Waals surface area contributed by atoms with Crippen molar-refractivity contribution in [2.24, 2.45) is 0 Å². The lowest BCUT2D eigenvalue weighted by molar-refractivity contribution is 0.0921. The molecule has 2 rings (SSSR count). The van der Waals surface area contributed by atoms with Gasteiger partial charge in [0, 0.05) is 18.3 Å². The number of aromatic nitrogens is 1. The molecule has 0 bridgehead atoms. The van der Waals surface area contributed by atoms with Crippen molar-refractivity contribution < 1.29 is 9.53 Å². The van der Waals surface area contributed by atoms with Gasteiger partial charge in [0.05, 0.1) is 18.9 Å². The van der Waals surface area contributed by atoms with Gasteiger partial charge >= 0.3 is 0 Å². The molecule has 1 fully saturated rings. The summed E-state index contributed by atoms with van der Waals surface area (Å²) in [6.45, 7) is 0. The molecule has 5 heteroatoms. The number of carbonyl (C=O) groups is 1. The number of hydrogen-bond donors (Lipinski definition) is 2. The van der Waals surface area contributed by atoms with Gasteiger partial charge in [-0.15, -0.1) is 0 Å². The zero-order chi connectivity index (χ0) is 13.7. The maximum atomic E-state index is 12.2. The van der Waals surface area contributed by atoms with Crippen LogP contribution in [0.2, 0.25) is 0 Å². The van der Waals surface area contributed by atoms with Crippen molar-refractivity contribution in [2.45, 2.75) is 37.8 Å². The molecule has 1 saturated carbocycles. The van der Waals surface area contributed by atoms with E-state index < -0.39 is 0 Å². The first-order valence-corrected chi connectivity index (χ1v) is 6.70. The molecule has 1 aliphatic rings. The summed E-state index contributed by atoms with van der Waals surface area (Å²) in [5.74, 6) is 0.441. The number of nitrogens with one attached hydrogen (secondary N) is 2. The van der Waals surface area contributed by atoms with Gasteiger partial charge in [-0.1, -0.05) is 0 Å². The fourth-order valence-electron chi connectivity index (χ4n) is 2.52. The lowest BCUT2D eigenvalue weighted by Crippen LogP contribution is -2.41. The Morgan fingerprint density at radius 1 is 1.32 bits per heavy atom. The summed E-state index contributed by atoms with van der Waals surface area (Å²) in [7, 11) is 3.54. The number of pyridine rings is 1. The van der Waals surface area contributed by atoms with Crippen LogP contribution in [0.4, 0.5) is 0 Å². The van der Waals surface area contributed by atoms with Crippen LogP contribution in [0.1, 0.15) is 36.0 Å². The molecule has 1 amide bonds. The summed E-state index contributed by atoms with van der Waals surface area (Å²) >= 11 is 0. The first-order chi connectivity index (χ1) is 9.24. The van der Waals surface area contributed by atoms with E-state index in [1.165, 1.54) is 0 Å². The molecule has 1 heterocycles. The van der Waals surface area contributed by atoms with E-state index >= 15 is 0 Å². The van der Waals surface area contributed by atoms with Crippen molar-refractivity contribution in [1.82, 2.24) is 15.6 Å². The van der Waals surface area contributed by atoms with E-state index in [1.54, 1.807) is 25.6 Å². The molecule has 0 unspecified atom stereocenters. The van der Waals surface area contributed by atoms with Crippen LogP contribution in [0.3, 0.4) is 0 Å². The van der Waals surface area contributed by atoms with Crippen LogP contribution in [-0.2, 0) is 0 Å². The third-order valence-corrected chi connectivity index (χ3v) is 3.72. The van der Waals surface area contributed by atoms with Crippen LogP contribution >= 0.6 is 0 Å². The minimum Gasteiger partial charge on any atom is -0.494 e. The van der Waals surface area contributed by atoms with E-state index in [0.29, 0.717) is 17.4 Å². The molecule has 5 nitrogen and oxygen atoms in total. The maximum Gasteiger partial charge on any atom is 0.255 e. The van der Waals surface area contributed by atoms with Crippen molar-refractivity contribution >= 4 is 5.91 Å². The van der Waals surface area contributed by atoms with E-state index in [2.05, 4.69) is 15.6 Å². The Hall–Kier alpha value is -1.62. The summed E-state index contributed by atoms with van der Waals surface area (Å²) in [4.78, 5) is 16.2. The molecule has 0 saturated heterocycles. The minimum absolute atomic E-state index is 0.0767. The third kappa shape index (κ3) is 3.44. The zero-order valence-corrected chi connectivity index (χ0v) is 11.5. The van der Waals surface area contributed by atoms with Crippen LogP contribution in [-0.4, -0.2) is 37.1 Å². The van der Waals surface area contributed by atoms with Crippen molar-refractivity contribution in [3.05, 3.63) is 24.0 Å². The Balaban J connectivity index is 1.94. The second kappa shape index (κ2) is 6.52. The van der Waals surface area contributed by atoms with Gasteiger partial charge in [-0.2, -0.15) is 0 Å². The molecule has 1 aromatic heterocycles. The van der Waals surface area contributed by atoms with Crippen LogP contribution in [0.15, 0.2) is 18.5 Å². The predicted molar refractivity (Wildman–Crippen MR) is 73.4 cm³/mol. The van der Waals surface area contributed by atoms with E-state index in [1.807, 2.05) is 7.05 Å². The first kappa shape index (κ1) is 13.8. The quantitative estimate of drug-likeness (QED) is 0.860. The highest BCUT2D eigenvalue weighted by atomic mass is 16.5. The highest BCUT2D eigenvalue weighted by Crippen LogP contribution is 2.20. The Kier molecular flexibility index (Phi) is 4.74. The van der Waals surface area contributed by atoms with E-state index in [9.17, 15) is 4.79 Å². The minimum atomic E-state index is -0.0767. The van der Waals surface area contributed by atoms with Gasteiger partial charge in [0.25, 0.3) is 5.91 Å². The molecule has 2 N–H and O–H groups in total. The lowest BCUT2D eigenvalue weighted by atomic mass is 9.91. The fraction of sp³-hybridized carbons (Fsp3) is 0.571. The van der Waals surface area contributed by atoms with E-state index in [0.717, 1.165) is 25.7 Å². The van der Waals surface area contributed by atoms with Crippen LogP contribution in [0, 0.1) is 0 Å². The molecule has 0 aliphatic heterocycles. The molecule has 1 aromatic rings. The SMILES string of the molecule is CNC1CCC(NC(=O)c2ccncc2OC)CC1. The third-order valence-electron chi connectivity index (χ3n) is 3.72. The normalized spacial score (nSPS) is 22.8. The summed E-state index contributed by atoms with van der Waals surface area (Å²) in [5, 5.41) is 6.37. The number of rotatable bonds is 4. The molecular formula is C14H21N3O2. The number of amides is 1. The van der Waals surface area contributed by atoms with Crippen molar-refractivity contribution in [3.63, 3.8) is 0 Å². The van der Waals surface area contributed by atoms with Gasteiger partial charge in [-0.3, -0.25) is 9.78 Å². The van der Waals surface area contributed by atoms with Crippen LogP contribution in [0.25, 0.3) is 0 Å². The van der Waals surface area contributed by atoms with Gasteiger partial charge in [-0.25, -0.2) is 0 Å². The van der Waals surface area contributed by atoms with Crippen molar-refractivity contribution in [3.8, 4) is 5.75 Å². The molecule has 104 valence electrons. The van der Waals surface area contributed by atoms with Crippen LogP contribution < -0.4 is 15.4 Å². The van der Waals surface area contributed by atoms with Crippen molar-refractivity contribution in [1.29, 1.82) is 0 Å². The second-order valence-corrected chi connectivity index (χ2v) is 4.89. The highest BCUT2D eigenvalue weighted by molar-refractivity contribution is 5.96. The van der Waals surface area contributed by atoms with Gasteiger partial charge in [0.2, 0.25) is 0 Å². The zero-order valence-electron chi connectivity index (χ0n) is 11.5. The Morgan fingerprint density at radius 3 is 2.63 bits per heavy atom. The molecule has 19 heavy (non-hydrogen) atoms. The van der Waals surface area contributed by atoms with Gasteiger partial charge in [0.1, 0.15) is 5.75 Å². The monoisotopic (exact) mass is 263 g/mol. The lowest BCUT2D eigenvalue weighted by Gasteiger charge is -2.28. The number of nitrogens with zero attached hydrogens (tertiary/aromatic N) is 1. The Morgan fingerprint density at radius 2 is 2.00 bits per heavy atom. The molecule has 0 radical (unpaired) electrons. The highest BCUT2D eigenvalue weighted by Gasteiger charge is 2.22. The molecule has 0 atom stereocenters. The first-order valence-electron chi connectivity index (χ1n) is 6.70. The maximum absolute atomic E-state index is 12.2. The van der Waals surface area contributed by atoms with E-state index in [-0.39, 0.29) is 11.9 Å². The van der Waals surface area contributed by atoms with Gasteiger partial charge in [-0.05, 0) is 38.8 Å². The Labute approximate surface area is 113 Å². The topological polar surface area (TPSA) is 63.2 Å². The Bertz CT molecular complexity index is 428. The summed E-state index contributed by atoms with van der Waals surface area (Å²) < 4.78 is 5.16. The molecule has 0 spiro atoms. The summed E-state index contributed by atoms with van der Waals surface area (Å²) in [5.41, 5.74) is 0.549. The largest absolute Gasteiger partial charge is 0.494 e. The average Bonchev–Trinajstić information content (AvgIpc) is 2.48. The molecule has 0 aromatic carbocycles. The van der Waals surface area contributed by atoms with E-state index in [4.69, 9.17) is 4.74 Å². The summed E-state index contributed by atoms with van der Waals surface area (Å²) in [6.07, 6.45) is 7.42. The molecular weight excluding hydrogens is 242 g/mol. The number of ether oxygens (including phenoxy) is 1. The average molecular weight is 263 g/mol. The standard InChI is InChI=1S/C14H21N3O2/c1-15-10-3-5-11(6-4-10)17-14(18)12-7-8-16-9-13(12)19-2/h7-11,15H,3-6H2,1-2H3,(H,17,18). The summed E-state index contributed by atoms with van der Waals surface area (Å²) in [6, 6.07) is 2.53. The predicted octanol–water partition coefficient (Wildman–Crippen LogP) is 1.35. The fourth-order valence-corrected chi connectivity index (χ4v) is 2.52. The smallest absolute Gasteiger partial charge is 0.255 e. The number of carbonyl (C=O) groups excluding carboxylic acids is 1.